The number of rotatable bonds is 4. The van der Waals surface area contributed by atoms with Crippen molar-refractivity contribution in [2.24, 2.45) is 0 Å². The van der Waals surface area contributed by atoms with Gasteiger partial charge in [0.05, 0.1) is 0 Å². The van der Waals surface area contributed by atoms with Crippen LogP contribution in [0.25, 0.3) is 0 Å². The lowest BCUT2D eigenvalue weighted by molar-refractivity contribution is -0.363. The molecule has 0 N–H and O–H groups in total. The Kier molecular flexibility index (Phi) is 6.06. The first-order valence-electron chi connectivity index (χ1n) is 5.97. The summed E-state index contributed by atoms with van der Waals surface area (Å²) in [5.41, 5.74) is -8.56. The van der Waals surface area contributed by atoms with Gasteiger partial charge >= 0.3 is 30.5 Å². The number of halogens is 10. The lowest BCUT2D eigenvalue weighted by Crippen LogP contribution is -2.58. The van der Waals surface area contributed by atoms with Crippen LogP contribution < -0.4 is 0 Å². The first kappa shape index (κ1) is 23.2. The Morgan fingerprint density at radius 1 is 0.680 bits per heavy atom. The van der Waals surface area contributed by atoms with E-state index in [0.29, 0.717) is 0 Å². The van der Waals surface area contributed by atoms with Gasteiger partial charge in [0.2, 0.25) is 5.60 Å². The summed E-state index contributed by atoms with van der Waals surface area (Å²) >= 11 is 0. The fourth-order valence-electron chi connectivity index (χ4n) is 0.987. The molecular weight excluding hydrogens is 386 g/mol. The molecule has 25 heavy (non-hydrogen) atoms. The molecule has 0 aliphatic heterocycles. The van der Waals surface area contributed by atoms with E-state index in [9.17, 15) is 53.5 Å². The standard InChI is InChI=1S/C11H10F10O4/c1-7(2,9(13,14)15)24-5(22)4(12)6(23)25-8(3,10(16,17)18)11(19,20)21/h4H,1-3H3. The van der Waals surface area contributed by atoms with Gasteiger partial charge in [0, 0.05) is 0 Å². The Hall–Kier alpha value is -1.76. The largest absolute Gasteiger partial charge is 0.447 e. The van der Waals surface area contributed by atoms with E-state index >= 15 is 0 Å². The number of esters is 2. The number of hydrogen-bond acceptors (Lipinski definition) is 4. The van der Waals surface area contributed by atoms with Gasteiger partial charge in [0.1, 0.15) is 0 Å². The Morgan fingerprint density at radius 2 is 1.00 bits per heavy atom. The Morgan fingerprint density at radius 3 is 1.28 bits per heavy atom. The quantitative estimate of drug-likeness (QED) is 0.414. The van der Waals surface area contributed by atoms with Gasteiger partial charge in [0.15, 0.2) is 0 Å². The van der Waals surface area contributed by atoms with Crippen LogP contribution in [-0.4, -0.2) is 47.8 Å². The van der Waals surface area contributed by atoms with Gasteiger partial charge in [-0.05, 0) is 20.8 Å². The van der Waals surface area contributed by atoms with Crippen LogP contribution in [0.1, 0.15) is 20.8 Å². The number of ether oxygens (including phenoxy) is 2. The molecule has 0 aromatic heterocycles. The molecule has 0 aromatic rings. The maximum Gasteiger partial charge on any atom is 0.437 e. The summed E-state index contributed by atoms with van der Waals surface area (Å²) in [6, 6.07) is 0. The van der Waals surface area contributed by atoms with E-state index in [-0.39, 0.29) is 13.8 Å². The molecule has 1 unspecified atom stereocenters. The third-order valence-corrected chi connectivity index (χ3v) is 2.84. The van der Waals surface area contributed by atoms with Crippen molar-refractivity contribution >= 4 is 11.9 Å². The summed E-state index contributed by atoms with van der Waals surface area (Å²) < 4.78 is 132. The van der Waals surface area contributed by atoms with Gasteiger partial charge in [-0.25, -0.2) is 14.0 Å². The number of carbonyl (C=O) groups excluding carboxylic acids is 2. The zero-order valence-corrected chi connectivity index (χ0v) is 12.5. The van der Waals surface area contributed by atoms with Crippen molar-refractivity contribution in [3.63, 3.8) is 0 Å². The van der Waals surface area contributed by atoms with Crippen molar-refractivity contribution in [3.05, 3.63) is 0 Å². The van der Waals surface area contributed by atoms with Crippen LogP contribution >= 0.6 is 0 Å². The average molecular weight is 396 g/mol. The molecular formula is C11H10F10O4. The Bertz CT molecular complexity index is 502. The topological polar surface area (TPSA) is 52.6 Å². The van der Waals surface area contributed by atoms with Crippen LogP contribution in [0, 0.1) is 0 Å². The van der Waals surface area contributed by atoms with Crippen LogP contribution in [0.15, 0.2) is 0 Å². The third-order valence-electron chi connectivity index (χ3n) is 2.84. The molecule has 0 aliphatic rings. The molecule has 0 saturated carbocycles. The summed E-state index contributed by atoms with van der Waals surface area (Å²) in [6.45, 7) is -0.250. The van der Waals surface area contributed by atoms with Crippen molar-refractivity contribution in [2.45, 2.75) is 56.7 Å². The minimum Gasteiger partial charge on any atom is -0.447 e. The second-order valence-corrected chi connectivity index (χ2v) is 5.24. The fraction of sp³-hybridized carbons (Fsp3) is 0.818. The molecule has 0 aliphatic carbocycles. The van der Waals surface area contributed by atoms with Gasteiger partial charge in [0.25, 0.3) is 11.8 Å². The molecule has 1 atom stereocenters. The lowest BCUT2D eigenvalue weighted by atomic mass is 10.1. The van der Waals surface area contributed by atoms with Gasteiger partial charge in [-0.3, -0.25) is 0 Å². The van der Waals surface area contributed by atoms with Crippen LogP contribution in [0.2, 0.25) is 0 Å². The van der Waals surface area contributed by atoms with E-state index in [1.54, 1.807) is 0 Å². The van der Waals surface area contributed by atoms with Crippen LogP contribution in [-0.2, 0) is 19.1 Å². The van der Waals surface area contributed by atoms with Crippen LogP contribution in [0.3, 0.4) is 0 Å². The molecule has 0 radical (unpaired) electrons. The van der Waals surface area contributed by atoms with E-state index in [1.807, 2.05) is 0 Å². The van der Waals surface area contributed by atoms with Crippen molar-refractivity contribution < 1.29 is 63.0 Å². The van der Waals surface area contributed by atoms with Crippen molar-refractivity contribution in [3.8, 4) is 0 Å². The minimum absolute atomic E-state index is 0.207. The Labute approximate surface area is 133 Å². The highest BCUT2D eigenvalue weighted by molar-refractivity contribution is 5.98. The molecule has 0 amide bonds. The zero-order valence-electron chi connectivity index (χ0n) is 12.5. The second-order valence-electron chi connectivity index (χ2n) is 5.24. The highest BCUT2D eigenvalue weighted by Gasteiger charge is 2.71. The maximum absolute atomic E-state index is 13.4. The average Bonchev–Trinajstić information content (AvgIpc) is 2.32. The van der Waals surface area contributed by atoms with Gasteiger partial charge in [-0.1, -0.05) is 0 Å². The summed E-state index contributed by atoms with van der Waals surface area (Å²) in [7, 11) is 0. The molecule has 0 bridgehead atoms. The van der Waals surface area contributed by atoms with Crippen molar-refractivity contribution in [1.82, 2.24) is 0 Å². The monoisotopic (exact) mass is 396 g/mol. The molecule has 0 fully saturated rings. The van der Waals surface area contributed by atoms with E-state index in [4.69, 9.17) is 0 Å². The third kappa shape index (κ3) is 4.87. The van der Waals surface area contributed by atoms with Crippen LogP contribution in [0.4, 0.5) is 43.9 Å². The predicted molar refractivity (Wildman–Crippen MR) is 57.7 cm³/mol. The molecule has 0 heterocycles. The number of carbonyl (C=O) groups is 2. The number of alkyl halides is 10. The van der Waals surface area contributed by atoms with Crippen molar-refractivity contribution in [1.29, 1.82) is 0 Å². The SMILES string of the molecule is CC(C)(OC(=O)C(F)C(=O)OC(C)(C(F)(F)F)C(F)(F)F)C(F)(F)F. The fourth-order valence-corrected chi connectivity index (χ4v) is 0.987. The summed E-state index contributed by atoms with van der Waals surface area (Å²) in [6.07, 6.45) is -21.7. The normalized spacial score (nSPS) is 15.6. The predicted octanol–water partition coefficient (Wildman–Crippen LogP) is 3.64. The molecule has 148 valence electrons. The summed E-state index contributed by atoms with van der Waals surface area (Å²) in [4.78, 5) is 22.1. The van der Waals surface area contributed by atoms with E-state index in [1.165, 1.54) is 0 Å². The molecule has 4 nitrogen and oxygen atoms in total. The van der Waals surface area contributed by atoms with E-state index < -0.39 is 54.8 Å². The highest BCUT2D eigenvalue weighted by Crippen LogP contribution is 2.45. The number of hydrogen-bond donors (Lipinski definition) is 0. The minimum atomic E-state index is -6.25. The molecule has 0 rings (SSSR count). The smallest absolute Gasteiger partial charge is 0.437 e. The van der Waals surface area contributed by atoms with Crippen molar-refractivity contribution in [2.75, 3.05) is 0 Å². The van der Waals surface area contributed by atoms with Crippen LogP contribution in [0.5, 0.6) is 0 Å². The molecule has 0 aromatic carbocycles. The van der Waals surface area contributed by atoms with Gasteiger partial charge in [-0.15, -0.1) is 0 Å². The van der Waals surface area contributed by atoms with Gasteiger partial charge in [-0.2, -0.15) is 39.5 Å². The molecule has 0 saturated heterocycles. The first-order chi connectivity index (χ1) is 10.7. The molecule has 0 spiro atoms. The molecule has 14 heteroatoms. The summed E-state index contributed by atoms with van der Waals surface area (Å²) in [5.74, 6) is -5.68. The summed E-state index contributed by atoms with van der Waals surface area (Å²) in [5, 5.41) is 0. The van der Waals surface area contributed by atoms with E-state index in [2.05, 4.69) is 9.47 Å². The van der Waals surface area contributed by atoms with E-state index in [0.717, 1.165) is 0 Å². The first-order valence-corrected chi connectivity index (χ1v) is 5.97. The maximum atomic E-state index is 13.4. The Balaban J connectivity index is 5.40. The lowest BCUT2D eigenvalue weighted by Gasteiger charge is -2.33. The second kappa shape index (κ2) is 6.52. The van der Waals surface area contributed by atoms with Gasteiger partial charge < -0.3 is 9.47 Å². The zero-order chi connectivity index (χ0) is 20.6. The highest BCUT2D eigenvalue weighted by atomic mass is 19.4.